The van der Waals surface area contributed by atoms with Crippen molar-refractivity contribution < 1.29 is 9.21 Å². The maximum absolute atomic E-state index is 12.8. The van der Waals surface area contributed by atoms with Crippen molar-refractivity contribution in [3.63, 3.8) is 0 Å². The van der Waals surface area contributed by atoms with E-state index in [1.54, 1.807) is 0 Å². The molecule has 1 aliphatic heterocycles. The maximum Gasteiger partial charge on any atom is 0.251 e. The van der Waals surface area contributed by atoms with Crippen molar-refractivity contribution in [1.29, 1.82) is 0 Å². The highest BCUT2D eigenvalue weighted by atomic mass is 16.3. The lowest BCUT2D eigenvalue weighted by atomic mass is 9.96. The molecule has 0 atom stereocenters. The summed E-state index contributed by atoms with van der Waals surface area (Å²) >= 11 is 0. The number of aryl methyl sites for hydroxylation is 3. The molecule has 0 spiro atoms. The molecule has 2 heterocycles. The number of fused-ring (bicyclic) bond motifs is 1. The van der Waals surface area contributed by atoms with Crippen LogP contribution in [-0.4, -0.2) is 35.4 Å². The van der Waals surface area contributed by atoms with Gasteiger partial charge in [-0.3, -0.25) is 9.69 Å². The van der Waals surface area contributed by atoms with Crippen LogP contribution in [0.4, 0.5) is 0 Å². The van der Waals surface area contributed by atoms with E-state index in [2.05, 4.69) is 58.5 Å². The van der Waals surface area contributed by atoms with Crippen molar-refractivity contribution in [3.8, 4) is 0 Å². The molecule has 1 saturated heterocycles. The fourth-order valence-corrected chi connectivity index (χ4v) is 4.76. The van der Waals surface area contributed by atoms with Crippen molar-refractivity contribution in [1.82, 2.24) is 15.2 Å². The Morgan fingerprint density at radius 2 is 1.74 bits per heavy atom. The van der Waals surface area contributed by atoms with Gasteiger partial charge in [-0.05, 0) is 74.5 Å². The van der Waals surface area contributed by atoms with Gasteiger partial charge >= 0.3 is 0 Å². The number of carbonyl (C=O) groups is 1. The summed E-state index contributed by atoms with van der Waals surface area (Å²) in [7, 11) is 0. The Kier molecular flexibility index (Phi) is 7.24. The van der Waals surface area contributed by atoms with Crippen molar-refractivity contribution >= 4 is 17.0 Å². The van der Waals surface area contributed by atoms with Crippen molar-refractivity contribution in [2.24, 2.45) is 5.92 Å². The van der Waals surface area contributed by atoms with Gasteiger partial charge in [-0.1, -0.05) is 60.2 Å². The van der Waals surface area contributed by atoms with Crippen LogP contribution in [0.2, 0.25) is 0 Å². The first-order valence-electron chi connectivity index (χ1n) is 12.6. The zero-order chi connectivity index (χ0) is 24.0. The monoisotopic (exact) mass is 467 g/mol. The van der Waals surface area contributed by atoms with E-state index in [0.29, 0.717) is 29.5 Å². The average molecular weight is 468 g/mol. The number of benzene rings is 3. The number of oxazole rings is 1. The minimum absolute atomic E-state index is 0.0452. The van der Waals surface area contributed by atoms with Crippen LogP contribution in [0.3, 0.4) is 0 Å². The summed E-state index contributed by atoms with van der Waals surface area (Å²) < 4.78 is 5.95. The van der Waals surface area contributed by atoms with Gasteiger partial charge in [0.15, 0.2) is 11.5 Å². The van der Waals surface area contributed by atoms with Gasteiger partial charge < -0.3 is 9.73 Å². The molecule has 0 bridgehead atoms. The van der Waals surface area contributed by atoms with Crippen LogP contribution < -0.4 is 5.32 Å². The van der Waals surface area contributed by atoms with E-state index in [1.165, 1.54) is 16.7 Å². The number of nitrogens with one attached hydrogen (secondary N) is 1. The molecule has 1 aromatic heterocycles. The Hall–Kier alpha value is -3.44. The molecule has 0 radical (unpaired) electrons. The molecule has 1 fully saturated rings. The van der Waals surface area contributed by atoms with Crippen LogP contribution in [0.1, 0.15) is 45.8 Å². The molecule has 4 aromatic rings. The second kappa shape index (κ2) is 10.9. The lowest BCUT2D eigenvalue weighted by molar-refractivity contribution is 0.0935. The molecule has 5 rings (SSSR count). The van der Waals surface area contributed by atoms with Gasteiger partial charge in [-0.25, -0.2) is 4.98 Å². The van der Waals surface area contributed by atoms with Gasteiger partial charge in [0.05, 0.1) is 0 Å². The Balaban J connectivity index is 1.10. The van der Waals surface area contributed by atoms with Crippen LogP contribution >= 0.6 is 0 Å². The molecular weight excluding hydrogens is 434 g/mol. The van der Waals surface area contributed by atoms with Gasteiger partial charge in [0, 0.05) is 25.1 Å². The van der Waals surface area contributed by atoms with Gasteiger partial charge in [0.2, 0.25) is 0 Å². The van der Waals surface area contributed by atoms with E-state index in [9.17, 15) is 4.79 Å². The van der Waals surface area contributed by atoms with E-state index < -0.39 is 0 Å². The molecule has 0 aliphatic carbocycles. The highest BCUT2D eigenvalue weighted by Gasteiger charge is 2.20. The molecule has 5 nitrogen and oxygen atoms in total. The first-order valence-corrected chi connectivity index (χ1v) is 12.6. The Morgan fingerprint density at radius 3 is 2.51 bits per heavy atom. The fraction of sp³-hybridized carbons (Fsp3) is 0.333. The summed E-state index contributed by atoms with van der Waals surface area (Å²) in [6, 6.07) is 24.7. The van der Waals surface area contributed by atoms with E-state index in [0.717, 1.165) is 50.8 Å². The van der Waals surface area contributed by atoms with Crippen LogP contribution in [0.25, 0.3) is 11.1 Å². The first-order chi connectivity index (χ1) is 17.1. The Bertz CT molecular complexity index is 1260. The molecule has 1 aliphatic rings. The highest BCUT2D eigenvalue weighted by molar-refractivity contribution is 5.97. The van der Waals surface area contributed by atoms with E-state index in [4.69, 9.17) is 4.42 Å². The normalized spacial score (nSPS) is 14.9. The number of piperidine rings is 1. The fourth-order valence-electron chi connectivity index (χ4n) is 4.76. The molecule has 0 saturated carbocycles. The summed E-state index contributed by atoms with van der Waals surface area (Å²) in [4.78, 5) is 19.9. The summed E-state index contributed by atoms with van der Waals surface area (Å²) in [5, 5.41) is 3.14. The summed E-state index contributed by atoms with van der Waals surface area (Å²) in [6.45, 7) is 5.99. The predicted octanol–water partition coefficient (Wildman–Crippen LogP) is 5.56. The number of carbonyl (C=O) groups excluding carboxylic acids is 1. The number of nitrogens with zero attached hydrogens (tertiary/aromatic N) is 2. The standard InChI is InChI=1S/C30H33N3O2/c1-22-7-9-25(10-8-22)21-33-17-15-24(16-18-33)20-31-30(34)26-12-13-27-28(19-26)35-29(32-27)14-11-23-5-3-2-4-6-23/h2-10,12-13,19,24H,11,14-18,20-21H2,1H3,(H,31,34). The smallest absolute Gasteiger partial charge is 0.251 e. The Labute approximate surface area is 207 Å². The van der Waals surface area contributed by atoms with Gasteiger partial charge in [0.25, 0.3) is 5.91 Å². The van der Waals surface area contributed by atoms with Gasteiger partial charge in [0.1, 0.15) is 5.52 Å². The quantitative estimate of drug-likeness (QED) is 0.368. The average Bonchev–Trinajstić information content (AvgIpc) is 3.31. The molecular formula is C30H33N3O2. The van der Waals surface area contributed by atoms with Crippen LogP contribution in [-0.2, 0) is 19.4 Å². The molecule has 35 heavy (non-hydrogen) atoms. The highest BCUT2D eigenvalue weighted by Crippen LogP contribution is 2.21. The topological polar surface area (TPSA) is 58.4 Å². The summed E-state index contributed by atoms with van der Waals surface area (Å²) in [5.74, 6) is 1.18. The lowest BCUT2D eigenvalue weighted by Gasteiger charge is -2.32. The zero-order valence-electron chi connectivity index (χ0n) is 20.4. The third-order valence-electron chi connectivity index (χ3n) is 6.95. The van der Waals surface area contributed by atoms with Crippen molar-refractivity contribution in [2.75, 3.05) is 19.6 Å². The Morgan fingerprint density at radius 1 is 0.971 bits per heavy atom. The number of likely N-dealkylation sites (tertiary alicyclic amines) is 1. The van der Waals surface area contributed by atoms with Crippen LogP contribution in [0.5, 0.6) is 0 Å². The van der Waals surface area contributed by atoms with Crippen molar-refractivity contribution in [3.05, 3.63) is 101 Å². The summed E-state index contributed by atoms with van der Waals surface area (Å²) in [6.07, 6.45) is 3.84. The van der Waals surface area contributed by atoms with Crippen LogP contribution in [0.15, 0.2) is 77.2 Å². The van der Waals surface area contributed by atoms with Crippen LogP contribution in [0, 0.1) is 12.8 Å². The molecule has 3 aromatic carbocycles. The SMILES string of the molecule is Cc1ccc(CN2CCC(CNC(=O)c3ccc4nc(CCc5ccccc5)oc4c3)CC2)cc1. The minimum atomic E-state index is -0.0452. The maximum atomic E-state index is 12.8. The van der Waals surface area contributed by atoms with E-state index in [-0.39, 0.29) is 5.91 Å². The number of amides is 1. The van der Waals surface area contributed by atoms with Crippen molar-refractivity contribution in [2.45, 2.75) is 39.2 Å². The van der Waals surface area contributed by atoms with Gasteiger partial charge in [-0.15, -0.1) is 0 Å². The molecule has 5 heteroatoms. The molecule has 180 valence electrons. The zero-order valence-corrected chi connectivity index (χ0v) is 20.4. The molecule has 1 N–H and O–H groups in total. The van der Waals surface area contributed by atoms with Gasteiger partial charge in [-0.2, -0.15) is 0 Å². The second-order valence-electron chi connectivity index (χ2n) is 9.69. The largest absolute Gasteiger partial charge is 0.441 e. The summed E-state index contributed by atoms with van der Waals surface area (Å²) in [5.41, 5.74) is 6.02. The molecule has 1 amide bonds. The number of hydrogen-bond acceptors (Lipinski definition) is 4. The number of hydrogen-bond donors (Lipinski definition) is 1. The number of rotatable bonds is 8. The predicted molar refractivity (Wildman–Crippen MR) is 139 cm³/mol. The van der Waals surface area contributed by atoms with E-state index >= 15 is 0 Å². The molecule has 0 unspecified atom stereocenters. The van der Waals surface area contributed by atoms with E-state index in [1.807, 2.05) is 36.4 Å². The first kappa shape index (κ1) is 23.3. The second-order valence-corrected chi connectivity index (χ2v) is 9.69. The lowest BCUT2D eigenvalue weighted by Crippen LogP contribution is -2.38. The number of aromatic nitrogens is 1. The minimum Gasteiger partial charge on any atom is -0.441 e. The third-order valence-corrected chi connectivity index (χ3v) is 6.95. The third kappa shape index (κ3) is 6.17.